The van der Waals surface area contributed by atoms with E-state index in [2.05, 4.69) is 44.5 Å². The molecule has 1 aliphatic carbocycles. The summed E-state index contributed by atoms with van der Waals surface area (Å²) in [5, 5.41) is 18.6. The summed E-state index contributed by atoms with van der Waals surface area (Å²) in [7, 11) is 0. The zero-order valence-electron chi connectivity index (χ0n) is 13.9. The minimum Gasteiger partial charge on any atom is -0.442 e. The van der Waals surface area contributed by atoms with Gasteiger partial charge in [0.05, 0.1) is 9.31 Å². The van der Waals surface area contributed by atoms with Crippen molar-refractivity contribution >= 4 is 37.8 Å². The predicted octanol–water partition coefficient (Wildman–Crippen LogP) is 4.56. The van der Waals surface area contributed by atoms with Gasteiger partial charge < -0.3 is 9.30 Å². The Kier molecular flexibility index (Phi) is 5.92. The van der Waals surface area contributed by atoms with Gasteiger partial charge in [-0.1, -0.05) is 26.0 Å². The summed E-state index contributed by atoms with van der Waals surface area (Å²) in [5.74, 6) is -0.679. The molecule has 3 atom stereocenters. The van der Waals surface area contributed by atoms with Gasteiger partial charge in [0.25, 0.3) is 0 Å². The second kappa shape index (κ2) is 7.59. The Balaban J connectivity index is 2.17. The van der Waals surface area contributed by atoms with Crippen LogP contribution in [0.5, 0.6) is 0 Å². The highest BCUT2D eigenvalue weighted by Crippen LogP contribution is 2.60. The Morgan fingerprint density at radius 2 is 2.20 bits per heavy atom. The van der Waals surface area contributed by atoms with E-state index in [9.17, 15) is 10.1 Å². The molecule has 0 radical (unpaired) electrons. The Morgan fingerprint density at radius 1 is 1.52 bits per heavy atom. The molecule has 1 fully saturated rings. The lowest BCUT2D eigenvalue weighted by molar-refractivity contribution is -0.149. The number of hydrogen-bond acceptors (Lipinski definition) is 4. The second-order valence-electron chi connectivity index (χ2n) is 6.44. The number of aromatic nitrogens is 1. The average Bonchev–Trinajstić information content (AvgIpc) is 2.90. The zero-order valence-corrected chi connectivity index (χ0v) is 17.0. The third-order valence-electron chi connectivity index (χ3n) is 4.48. The maximum atomic E-state index is 12.5. The first-order valence-corrected chi connectivity index (χ1v) is 9.18. The van der Waals surface area contributed by atoms with Crippen molar-refractivity contribution in [1.29, 1.82) is 10.5 Å². The predicted molar refractivity (Wildman–Crippen MR) is 100 cm³/mol. The van der Waals surface area contributed by atoms with E-state index in [0.29, 0.717) is 17.8 Å². The molecule has 3 unspecified atom stereocenters. The maximum absolute atomic E-state index is 12.5. The van der Waals surface area contributed by atoms with Gasteiger partial charge in [0.2, 0.25) is 6.10 Å². The summed E-state index contributed by atoms with van der Waals surface area (Å²) in [5.41, 5.74) is 0.652. The second-order valence-corrected chi connectivity index (χ2v) is 9.21. The molecule has 7 heteroatoms. The Hall–Kier alpha value is -1.83. The third kappa shape index (κ3) is 4.05. The van der Waals surface area contributed by atoms with Crippen molar-refractivity contribution in [2.24, 2.45) is 17.3 Å². The van der Waals surface area contributed by atoms with E-state index in [1.807, 2.05) is 26.0 Å². The van der Waals surface area contributed by atoms with Gasteiger partial charge in [-0.3, -0.25) is 4.79 Å². The van der Waals surface area contributed by atoms with Crippen LogP contribution in [0.4, 0.5) is 0 Å². The molecule has 5 nitrogen and oxygen atoms in total. The van der Waals surface area contributed by atoms with Crippen molar-refractivity contribution in [2.75, 3.05) is 0 Å². The van der Waals surface area contributed by atoms with Crippen LogP contribution in [0.2, 0.25) is 0 Å². The van der Waals surface area contributed by atoms with Crippen LogP contribution in [-0.4, -0.2) is 10.5 Å². The molecule has 1 aromatic heterocycles. The molecular formula is C18H17Br2N3O2. The summed E-state index contributed by atoms with van der Waals surface area (Å²) in [6.07, 6.45) is 4.17. The molecule has 1 saturated carbocycles. The summed E-state index contributed by atoms with van der Waals surface area (Å²) in [6.45, 7) is 8.05. The molecule has 1 heterocycles. The average molecular weight is 467 g/mol. The summed E-state index contributed by atoms with van der Waals surface area (Å²) in [6, 6.07) is 5.62. The molecular weight excluding hydrogens is 450 g/mol. The number of carbonyl (C=O) groups excluding carboxylic acids is 1. The molecule has 0 aromatic carbocycles. The lowest BCUT2D eigenvalue weighted by Gasteiger charge is -2.10. The van der Waals surface area contributed by atoms with Crippen molar-refractivity contribution in [3.05, 3.63) is 45.6 Å². The molecule has 2 rings (SSSR count). The molecule has 1 aromatic rings. The zero-order chi connectivity index (χ0) is 18.8. The Labute approximate surface area is 163 Å². The van der Waals surface area contributed by atoms with Crippen molar-refractivity contribution < 1.29 is 9.53 Å². The molecule has 0 N–H and O–H groups in total. The fourth-order valence-electron chi connectivity index (χ4n) is 2.99. The quantitative estimate of drug-likeness (QED) is 0.454. The van der Waals surface area contributed by atoms with Gasteiger partial charge in [0.15, 0.2) is 0 Å². The standard InChI is InChI=1S/C18H17Br2N3O2/c1-4-5-23-10-11(6-12(23)8-21)14(9-22)25-17(24)16-13(7-15(19)20)18(16,2)3/h4,6-7,10,13-14,16H,1,5H2,2-3H3. The number of rotatable bonds is 6. The smallest absolute Gasteiger partial charge is 0.311 e. The van der Waals surface area contributed by atoms with E-state index >= 15 is 0 Å². The highest BCUT2D eigenvalue weighted by Gasteiger charge is 2.61. The number of nitriles is 2. The lowest BCUT2D eigenvalue weighted by atomic mass is 10.1. The number of halogens is 2. The van der Waals surface area contributed by atoms with Gasteiger partial charge in [-0.25, -0.2) is 0 Å². The molecule has 130 valence electrons. The van der Waals surface area contributed by atoms with Gasteiger partial charge in [-0.2, -0.15) is 10.5 Å². The fraction of sp³-hybridized carbons (Fsp3) is 0.389. The fourth-order valence-corrected chi connectivity index (χ4v) is 3.56. The van der Waals surface area contributed by atoms with E-state index in [1.54, 1.807) is 22.9 Å². The van der Waals surface area contributed by atoms with Crippen molar-refractivity contribution in [1.82, 2.24) is 4.57 Å². The summed E-state index contributed by atoms with van der Waals surface area (Å²) < 4.78 is 7.88. The van der Waals surface area contributed by atoms with E-state index in [4.69, 9.17) is 10.00 Å². The third-order valence-corrected chi connectivity index (χ3v) is 5.01. The number of carbonyl (C=O) groups is 1. The highest BCUT2D eigenvalue weighted by molar-refractivity contribution is 9.28. The first-order chi connectivity index (χ1) is 11.8. The van der Waals surface area contributed by atoms with E-state index in [1.165, 1.54) is 0 Å². The Bertz CT molecular complexity index is 807. The molecule has 0 aliphatic heterocycles. The number of nitrogens with zero attached hydrogens (tertiary/aromatic N) is 3. The number of allylic oxidation sites excluding steroid dienone is 2. The summed E-state index contributed by atoms with van der Waals surface area (Å²) in [4.78, 5) is 12.5. The minimum atomic E-state index is -1.04. The van der Waals surface area contributed by atoms with Gasteiger partial charge in [0.1, 0.15) is 17.8 Å². The number of hydrogen-bond donors (Lipinski definition) is 0. The summed E-state index contributed by atoms with van der Waals surface area (Å²) >= 11 is 6.62. The van der Waals surface area contributed by atoms with Crippen LogP contribution < -0.4 is 0 Å². The van der Waals surface area contributed by atoms with E-state index in [0.717, 1.165) is 3.39 Å². The van der Waals surface area contributed by atoms with Crippen molar-refractivity contribution in [2.45, 2.75) is 26.5 Å². The normalized spacial score (nSPS) is 21.4. The van der Waals surface area contributed by atoms with Crippen molar-refractivity contribution in [3.8, 4) is 12.1 Å². The van der Waals surface area contributed by atoms with Crippen LogP contribution in [0.25, 0.3) is 0 Å². The SMILES string of the molecule is C=CCn1cc(C(C#N)OC(=O)C2C(C=C(Br)Br)C2(C)C)cc1C#N. The van der Waals surface area contributed by atoms with Gasteiger partial charge in [0, 0.05) is 18.3 Å². The molecule has 0 amide bonds. The topological polar surface area (TPSA) is 78.8 Å². The van der Waals surface area contributed by atoms with Crippen LogP contribution in [0, 0.1) is 39.9 Å². The molecule has 1 aliphatic rings. The molecule has 0 spiro atoms. The van der Waals surface area contributed by atoms with Crippen LogP contribution >= 0.6 is 31.9 Å². The molecule has 25 heavy (non-hydrogen) atoms. The van der Waals surface area contributed by atoms with Crippen LogP contribution in [0.15, 0.2) is 34.4 Å². The van der Waals surface area contributed by atoms with Crippen LogP contribution in [0.1, 0.15) is 31.2 Å². The van der Waals surface area contributed by atoms with Crippen molar-refractivity contribution in [3.63, 3.8) is 0 Å². The highest BCUT2D eigenvalue weighted by atomic mass is 79.9. The minimum absolute atomic E-state index is 0.0353. The van der Waals surface area contributed by atoms with Gasteiger partial charge in [-0.15, -0.1) is 6.58 Å². The van der Waals surface area contributed by atoms with Gasteiger partial charge in [-0.05, 0) is 49.3 Å². The molecule has 0 bridgehead atoms. The lowest BCUT2D eigenvalue weighted by Crippen LogP contribution is -2.14. The van der Waals surface area contributed by atoms with Crippen LogP contribution in [-0.2, 0) is 16.1 Å². The van der Waals surface area contributed by atoms with Crippen LogP contribution in [0.3, 0.4) is 0 Å². The largest absolute Gasteiger partial charge is 0.442 e. The molecule has 0 saturated heterocycles. The number of esters is 1. The Morgan fingerprint density at radius 3 is 2.72 bits per heavy atom. The van der Waals surface area contributed by atoms with Gasteiger partial charge >= 0.3 is 5.97 Å². The number of ether oxygens (including phenoxy) is 1. The van der Waals surface area contributed by atoms with E-state index in [-0.39, 0.29) is 17.3 Å². The maximum Gasteiger partial charge on any atom is 0.311 e. The van der Waals surface area contributed by atoms with E-state index < -0.39 is 12.1 Å². The first-order valence-electron chi connectivity index (χ1n) is 7.60. The first kappa shape index (κ1) is 19.5. The monoisotopic (exact) mass is 465 g/mol.